The summed E-state index contributed by atoms with van der Waals surface area (Å²) in [6.07, 6.45) is 0. The summed E-state index contributed by atoms with van der Waals surface area (Å²) in [5.74, 6) is 0. The monoisotopic (exact) mass is 637 g/mol. The van der Waals surface area contributed by atoms with E-state index in [1.807, 2.05) is 6.07 Å². The average molecular weight is 638 g/mol. The number of hydrogen-bond donors (Lipinski definition) is 0. The molecule has 0 aliphatic carbocycles. The van der Waals surface area contributed by atoms with Gasteiger partial charge in [-0.05, 0) is 83.9 Å². The number of pyridine rings is 1. The topological polar surface area (TPSA) is 22.8 Å². The predicted molar refractivity (Wildman–Crippen MR) is 209 cm³/mol. The van der Waals surface area contributed by atoms with Crippen LogP contribution in [0.2, 0.25) is 0 Å². The van der Waals surface area contributed by atoms with Crippen LogP contribution in [0.4, 0.5) is 0 Å². The zero-order valence-electron chi connectivity index (χ0n) is 27.2. The number of aromatic nitrogens is 3. The van der Waals surface area contributed by atoms with E-state index < -0.39 is 0 Å². The molecule has 10 aromatic rings. The summed E-state index contributed by atoms with van der Waals surface area (Å²) >= 11 is 0. The van der Waals surface area contributed by atoms with Gasteiger partial charge < -0.3 is 9.13 Å². The van der Waals surface area contributed by atoms with E-state index in [1.165, 1.54) is 60.4 Å². The van der Waals surface area contributed by atoms with Gasteiger partial charge in [0, 0.05) is 44.0 Å². The summed E-state index contributed by atoms with van der Waals surface area (Å²) in [6, 6.07) is 67.2. The Morgan fingerprint density at radius 2 is 0.700 bits per heavy atom. The van der Waals surface area contributed by atoms with E-state index >= 15 is 0 Å². The molecule has 0 saturated carbocycles. The molecule has 0 saturated heterocycles. The highest BCUT2D eigenvalue weighted by Crippen LogP contribution is 2.38. The first-order valence-corrected chi connectivity index (χ1v) is 17.1. The molecule has 7 aromatic carbocycles. The van der Waals surface area contributed by atoms with Crippen LogP contribution in [0.1, 0.15) is 0 Å². The van der Waals surface area contributed by atoms with Crippen molar-refractivity contribution in [3.8, 4) is 45.0 Å². The molecule has 234 valence electrons. The lowest BCUT2D eigenvalue weighted by Crippen LogP contribution is -1.94. The fourth-order valence-electron chi connectivity index (χ4n) is 7.58. The Labute approximate surface area is 290 Å². The standard InChI is InChI=1S/C47H31N3/c1-3-12-32(13-4-1)42-18-11-19-43(48-42)33-22-26-37(27-23-33)50-45-21-10-8-17-39(45)41-31-35(25-29-47(41)50)34-24-28-46-40(30-34)38-16-7-9-20-44(38)49(46)36-14-5-2-6-15-36/h1-31H. The fourth-order valence-corrected chi connectivity index (χ4v) is 7.58. The second-order valence-corrected chi connectivity index (χ2v) is 12.8. The Bertz CT molecular complexity index is 2840. The molecule has 0 amide bonds. The molecule has 10 rings (SSSR count). The molecule has 50 heavy (non-hydrogen) atoms. The Kier molecular flexibility index (Phi) is 6.49. The van der Waals surface area contributed by atoms with Gasteiger partial charge >= 0.3 is 0 Å². The predicted octanol–water partition coefficient (Wildman–Crippen LogP) is 12.3. The highest BCUT2D eigenvalue weighted by atomic mass is 15.0. The Balaban J connectivity index is 1.07. The maximum atomic E-state index is 4.99. The summed E-state index contributed by atoms with van der Waals surface area (Å²) in [4.78, 5) is 4.99. The molecule has 0 N–H and O–H groups in total. The normalized spacial score (nSPS) is 11.6. The summed E-state index contributed by atoms with van der Waals surface area (Å²) in [7, 11) is 0. The first-order chi connectivity index (χ1) is 24.8. The van der Waals surface area contributed by atoms with Crippen LogP contribution in [0, 0.1) is 0 Å². The van der Waals surface area contributed by atoms with E-state index in [0.29, 0.717) is 0 Å². The third kappa shape index (κ3) is 4.56. The van der Waals surface area contributed by atoms with Crippen LogP contribution < -0.4 is 0 Å². The van der Waals surface area contributed by atoms with Gasteiger partial charge in [-0.25, -0.2) is 4.98 Å². The van der Waals surface area contributed by atoms with Crippen molar-refractivity contribution < 1.29 is 0 Å². The highest BCUT2D eigenvalue weighted by Gasteiger charge is 2.16. The quantitative estimate of drug-likeness (QED) is 0.184. The molecule has 0 atom stereocenters. The van der Waals surface area contributed by atoms with Crippen LogP contribution in [-0.2, 0) is 0 Å². The number of rotatable bonds is 5. The molecule has 0 fully saturated rings. The summed E-state index contributed by atoms with van der Waals surface area (Å²) in [5.41, 5.74) is 13.7. The van der Waals surface area contributed by atoms with Crippen molar-refractivity contribution in [2.75, 3.05) is 0 Å². The summed E-state index contributed by atoms with van der Waals surface area (Å²) < 4.78 is 4.75. The minimum Gasteiger partial charge on any atom is -0.309 e. The van der Waals surface area contributed by atoms with Gasteiger partial charge in [0.05, 0.1) is 33.5 Å². The van der Waals surface area contributed by atoms with Gasteiger partial charge in [0.2, 0.25) is 0 Å². The van der Waals surface area contributed by atoms with Crippen molar-refractivity contribution in [1.29, 1.82) is 0 Å². The van der Waals surface area contributed by atoms with Crippen molar-refractivity contribution >= 4 is 43.6 Å². The SMILES string of the molecule is c1ccc(-c2cccc(-c3ccc(-n4c5ccccc5c5cc(-c6ccc7c(c6)c6ccccc6n7-c6ccccc6)ccc54)cc3)n2)cc1. The molecule has 0 unspecified atom stereocenters. The molecular weight excluding hydrogens is 607 g/mol. The third-order valence-corrected chi connectivity index (χ3v) is 9.93. The smallest absolute Gasteiger partial charge is 0.0709 e. The molecule has 0 bridgehead atoms. The zero-order chi connectivity index (χ0) is 33.0. The van der Waals surface area contributed by atoms with Gasteiger partial charge in [0.25, 0.3) is 0 Å². The minimum absolute atomic E-state index is 0.966. The van der Waals surface area contributed by atoms with Crippen molar-refractivity contribution in [3.63, 3.8) is 0 Å². The van der Waals surface area contributed by atoms with E-state index in [1.54, 1.807) is 0 Å². The van der Waals surface area contributed by atoms with Crippen LogP contribution in [0.5, 0.6) is 0 Å². The third-order valence-electron chi connectivity index (χ3n) is 9.93. The van der Waals surface area contributed by atoms with Crippen molar-refractivity contribution in [1.82, 2.24) is 14.1 Å². The first kappa shape index (κ1) is 28.3. The molecule has 3 aromatic heterocycles. The molecule has 3 heterocycles. The number of hydrogen-bond acceptors (Lipinski definition) is 1. The van der Waals surface area contributed by atoms with E-state index in [2.05, 4.69) is 191 Å². The lowest BCUT2D eigenvalue weighted by atomic mass is 10.0. The van der Waals surface area contributed by atoms with E-state index in [4.69, 9.17) is 4.98 Å². The lowest BCUT2D eigenvalue weighted by Gasteiger charge is -2.10. The maximum absolute atomic E-state index is 4.99. The van der Waals surface area contributed by atoms with Crippen molar-refractivity contribution in [3.05, 3.63) is 188 Å². The Hall–Kier alpha value is -6.71. The van der Waals surface area contributed by atoms with Gasteiger partial charge in [-0.3, -0.25) is 0 Å². The van der Waals surface area contributed by atoms with E-state index in [0.717, 1.165) is 28.2 Å². The molecule has 0 aliphatic rings. The average Bonchev–Trinajstić information content (AvgIpc) is 3.71. The molecule has 3 heteroatoms. The van der Waals surface area contributed by atoms with Crippen LogP contribution in [0.3, 0.4) is 0 Å². The van der Waals surface area contributed by atoms with Gasteiger partial charge in [-0.2, -0.15) is 0 Å². The van der Waals surface area contributed by atoms with Crippen LogP contribution >= 0.6 is 0 Å². The van der Waals surface area contributed by atoms with E-state index in [-0.39, 0.29) is 0 Å². The Morgan fingerprint density at radius 1 is 0.280 bits per heavy atom. The van der Waals surface area contributed by atoms with E-state index in [9.17, 15) is 0 Å². The van der Waals surface area contributed by atoms with Crippen LogP contribution in [-0.4, -0.2) is 14.1 Å². The molecule has 0 aliphatic heterocycles. The molecule has 0 radical (unpaired) electrons. The number of para-hydroxylation sites is 3. The second kappa shape index (κ2) is 11.5. The fraction of sp³-hybridized carbons (Fsp3) is 0. The zero-order valence-corrected chi connectivity index (χ0v) is 27.2. The molecule has 0 spiro atoms. The minimum atomic E-state index is 0.966. The number of fused-ring (bicyclic) bond motifs is 6. The van der Waals surface area contributed by atoms with Gasteiger partial charge in [-0.15, -0.1) is 0 Å². The van der Waals surface area contributed by atoms with Gasteiger partial charge in [0.1, 0.15) is 0 Å². The molecular formula is C47H31N3. The molecule has 3 nitrogen and oxygen atoms in total. The van der Waals surface area contributed by atoms with Gasteiger partial charge in [-0.1, -0.05) is 115 Å². The first-order valence-electron chi connectivity index (χ1n) is 17.1. The Morgan fingerprint density at radius 3 is 1.26 bits per heavy atom. The summed E-state index contributed by atoms with van der Waals surface area (Å²) in [6.45, 7) is 0. The lowest BCUT2D eigenvalue weighted by molar-refractivity contribution is 1.18. The van der Waals surface area contributed by atoms with Crippen LogP contribution in [0.25, 0.3) is 88.6 Å². The summed E-state index contributed by atoms with van der Waals surface area (Å²) in [5, 5.41) is 5.00. The highest BCUT2D eigenvalue weighted by molar-refractivity contribution is 6.12. The van der Waals surface area contributed by atoms with Gasteiger partial charge in [0.15, 0.2) is 0 Å². The van der Waals surface area contributed by atoms with Crippen molar-refractivity contribution in [2.45, 2.75) is 0 Å². The maximum Gasteiger partial charge on any atom is 0.0709 e. The van der Waals surface area contributed by atoms with Crippen molar-refractivity contribution in [2.24, 2.45) is 0 Å². The van der Waals surface area contributed by atoms with Crippen LogP contribution in [0.15, 0.2) is 188 Å². The largest absolute Gasteiger partial charge is 0.309 e. The second-order valence-electron chi connectivity index (χ2n) is 12.8. The number of nitrogens with zero attached hydrogens (tertiary/aromatic N) is 3. The number of benzene rings is 7.